The van der Waals surface area contributed by atoms with Gasteiger partial charge in [-0.3, -0.25) is 0 Å². The summed E-state index contributed by atoms with van der Waals surface area (Å²) in [5, 5.41) is 9.62. The molecule has 1 aromatic rings. The van der Waals surface area contributed by atoms with E-state index in [1.54, 1.807) is 12.1 Å². The molecule has 0 bridgehead atoms. The van der Waals surface area contributed by atoms with Crippen LogP contribution in [0.3, 0.4) is 0 Å². The fraction of sp³-hybridized carbons (Fsp3) is 0.600. The molecular formula is C10H14BrNO3S2. The molecule has 4 nitrogen and oxygen atoms in total. The number of nitrogens with one attached hydrogen (secondary N) is 1. The Morgan fingerprint density at radius 2 is 2.24 bits per heavy atom. The fourth-order valence-electron chi connectivity index (χ4n) is 1.99. The first-order valence-electron chi connectivity index (χ1n) is 5.42. The second-order valence-electron chi connectivity index (χ2n) is 4.17. The Morgan fingerprint density at radius 3 is 2.76 bits per heavy atom. The molecule has 2 unspecified atom stereocenters. The molecule has 1 aliphatic rings. The van der Waals surface area contributed by atoms with Crippen molar-refractivity contribution in [3.63, 3.8) is 0 Å². The third-order valence-corrected chi connectivity index (χ3v) is 6.51. The molecule has 1 saturated carbocycles. The molecule has 1 aliphatic carbocycles. The number of halogens is 1. The minimum Gasteiger partial charge on any atom is -0.393 e. The van der Waals surface area contributed by atoms with Gasteiger partial charge in [0.1, 0.15) is 4.21 Å². The summed E-state index contributed by atoms with van der Waals surface area (Å²) >= 11 is 4.42. The van der Waals surface area contributed by atoms with Gasteiger partial charge in [0.15, 0.2) is 0 Å². The van der Waals surface area contributed by atoms with Gasteiger partial charge in [0, 0.05) is 6.54 Å². The number of sulfonamides is 1. The van der Waals surface area contributed by atoms with Gasteiger partial charge in [-0.2, -0.15) is 0 Å². The van der Waals surface area contributed by atoms with Crippen molar-refractivity contribution in [2.45, 2.75) is 29.6 Å². The molecular weight excluding hydrogens is 326 g/mol. The highest BCUT2D eigenvalue weighted by Gasteiger charge is 2.27. The van der Waals surface area contributed by atoms with Crippen LogP contribution in [0.2, 0.25) is 0 Å². The highest BCUT2D eigenvalue weighted by molar-refractivity contribution is 9.11. The topological polar surface area (TPSA) is 66.4 Å². The van der Waals surface area contributed by atoms with Crippen LogP contribution in [-0.2, 0) is 10.0 Å². The summed E-state index contributed by atoms with van der Waals surface area (Å²) in [4.78, 5) is 0. The van der Waals surface area contributed by atoms with Crippen LogP contribution in [0.25, 0.3) is 0 Å². The van der Waals surface area contributed by atoms with E-state index in [9.17, 15) is 13.5 Å². The molecule has 0 amide bonds. The zero-order valence-electron chi connectivity index (χ0n) is 9.10. The molecule has 0 aliphatic heterocycles. The van der Waals surface area contributed by atoms with E-state index in [2.05, 4.69) is 20.7 Å². The first kappa shape index (κ1) is 13.5. The SMILES string of the molecule is O=S(=O)(NCC1CCCC1O)c1ccc(Br)s1. The van der Waals surface area contributed by atoms with Gasteiger partial charge in [-0.15, -0.1) is 11.3 Å². The van der Waals surface area contributed by atoms with Crippen LogP contribution in [0.5, 0.6) is 0 Å². The van der Waals surface area contributed by atoms with Gasteiger partial charge in [0.2, 0.25) is 10.0 Å². The Kier molecular flexibility index (Phi) is 4.25. The summed E-state index contributed by atoms with van der Waals surface area (Å²) < 4.78 is 27.5. The van der Waals surface area contributed by atoms with Crippen LogP contribution in [0, 0.1) is 5.92 Å². The number of thiophene rings is 1. The van der Waals surface area contributed by atoms with Crippen LogP contribution < -0.4 is 4.72 Å². The maximum absolute atomic E-state index is 11.9. The first-order chi connectivity index (χ1) is 7.99. The second kappa shape index (κ2) is 5.36. The van der Waals surface area contributed by atoms with Crippen molar-refractivity contribution >= 4 is 37.3 Å². The summed E-state index contributed by atoms with van der Waals surface area (Å²) in [6, 6.07) is 3.28. The van der Waals surface area contributed by atoms with Gasteiger partial charge < -0.3 is 5.11 Å². The average Bonchev–Trinajstić information content (AvgIpc) is 2.85. The smallest absolute Gasteiger partial charge is 0.250 e. The van der Waals surface area contributed by atoms with Crippen molar-refractivity contribution in [3.05, 3.63) is 15.9 Å². The Hall–Kier alpha value is 0.0500. The van der Waals surface area contributed by atoms with Crippen LogP contribution in [0.15, 0.2) is 20.1 Å². The van der Waals surface area contributed by atoms with Crippen LogP contribution >= 0.6 is 27.3 Å². The third-order valence-electron chi connectivity index (χ3n) is 2.97. The summed E-state index contributed by atoms with van der Waals surface area (Å²) in [6.07, 6.45) is 2.26. The number of rotatable bonds is 4. The molecule has 2 rings (SSSR count). The number of hydrogen-bond acceptors (Lipinski definition) is 4. The minimum atomic E-state index is -3.42. The quantitative estimate of drug-likeness (QED) is 0.880. The number of aliphatic hydroxyl groups is 1. The van der Waals surface area contributed by atoms with Gasteiger partial charge >= 0.3 is 0 Å². The number of aliphatic hydroxyl groups excluding tert-OH is 1. The predicted molar refractivity (Wildman–Crippen MR) is 70.6 cm³/mol. The first-order valence-corrected chi connectivity index (χ1v) is 8.51. The molecule has 1 heterocycles. The molecule has 0 spiro atoms. The van der Waals surface area contributed by atoms with Crippen molar-refractivity contribution in [3.8, 4) is 0 Å². The van der Waals surface area contributed by atoms with E-state index in [0.29, 0.717) is 10.8 Å². The molecule has 7 heteroatoms. The van der Waals surface area contributed by atoms with Crippen molar-refractivity contribution in [1.29, 1.82) is 0 Å². The van der Waals surface area contributed by atoms with E-state index in [1.807, 2.05) is 0 Å². The monoisotopic (exact) mass is 339 g/mol. The molecule has 1 fully saturated rings. The van der Waals surface area contributed by atoms with Crippen LogP contribution in [0.4, 0.5) is 0 Å². The third kappa shape index (κ3) is 3.29. The normalized spacial score (nSPS) is 25.3. The van der Waals surface area contributed by atoms with Gasteiger partial charge in [-0.25, -0.2) is 13.1 Å². The Balaban J connectivity index is 1.98. The molecule has 2 N–H and O–H groups in total. The van der Waals surface area contributed by atoms with Gasteiger partial charge in [0.25, 0.3) is 0 Å². The fourth-order valence-corrected chi connectivity index (χ4v) is 5.13. The standard InChI is InChI=1S/C10H14BrNO3S2/c11-9-4-5-10(16-9)17(14,15)12-6-7-2-1-3-8(7)13/h4-5,7-8,12-13H,1-3,6H2. The molecule has 17 heavy (non-hydrogen) atoms. The lowest BCUT2D eigenvalue weighted by molar-refractivity contribution is 0.134. The molecule has 96 valence electrons. The number of hydrogen-bond donors (Lipinski definition) is 2. The van der Waals surface area contributed by atoms with Gasteiger partial charge in [0.05, 0.1) is 9.89 Å². The summed E-state index contributed by atoms with van der Waals surface area (Å²) in [5.41, 5.74) is 0. The van der Waals surface area contributed by atoms with Crippen molar-refractivity contribution in [1.82, 2.24) is 4.72 Å². The van der Waals surface area contributed by atoms with E-state index in [-0.39, 0.29) is 12.0 Å². The Labute approximate surface area is 113 Å². The lowest BCUT2D eigenvalue weighted by Gasteiger charge is -2.14. The van der Waals surface area contributed by atoms with E-state index in [1.165, 1.54) is 11.3 Å². The lowest BCUT2D eigenvalue weighted by Crippen LogP contribution is -2.32. The molecule has 0 aromatic carbocycles. The zero-order chi connectivity index (χ0) is 12.5. The van der Waals surface area contributed by atoms with Crippen molar-refractivity contribution in [2.24, 2.45) is 5.92 Å². The average molecular weight is 340 g/mol. The Bertz CT molecular complexity index is 485. The zero-order valence-corrected chi connectivity index (χ0v) is 12.3. The van der Waals surface area contributed by atoms with E-state index < -0.39 is 10.0 Å². The van der Waals surface area contributed by atoms with Crippen LogP contribution in [-0.4, -0.2) is 26.2 Å². The maximum Gasteiger partial charge on any atom is 0.250 e. The minimum absolute atomic E-state index is 0.0492. The maximum atomic E-state index is 11.9. The molecule has 1 aromatic heterocycles. The van der Waals surface area contributed by atoms with Crippen LogP contribution in [0.1, 0.15) is 19.3 Å². The van der Waals surface area contributed by atoms with E-state index >= 15 is 0 Å². The van der Waals surface area contributed by atoms with Crippen molar-refractivity contribution in [2.75, 3.05) is 6.54 Å². The van der Waals surface area contributed by atoms with E-state index in [4.69, 9.17) is 0 Å². The van der Waals surface area contributed by atoms with Gasteiger partial charge in [-0.05, 0) is 46.8 Å². The summed E-state index contributed by atoms with van der Waals surface area (Å²) in [5.74, 6) is 0.0492. The predicted octanol–water partition coefficient (Wildman–Crippen LogP) is 1.95. The Morgan fingerprint density at radius 1 is 1.47 bits per heavy atom. The summed E-state index contributed by atoms with van der Waals surface area (Å²) in [7, 11) is -3.42. The molecule has 2 atom stereocenters. The highest BCUT2D eigenvalue weighted by atomic mass is 79.9. The van der Waals surface area contributed by atoms with E-state index in [0.717, 1.165) is 23.0 Å². The lowest BCUT2D eigenvalue weighted by atomic mass is 10.1. The molecule has 0 radical (unpaired) electrons. The second-order valence-corrected chi connectivity index (χ2v) is 8.63. The summed E-state index contributed by atoms with van der Waals surface area (Å²) in [6.45, 7) is 0.318. The van der Waals surface area contributed by atoms with Crippen molar-refractivity contribution < 1.29 is 13.5 Å². The van der Waals surface area contributed by atoms with Gasteiger partial charge in [-0.1, -0.05) is 6.42 Å². The highest BCUT2D eigenvalue weighted by Crippen LogP contribution is 2.27. The molecule has 0 saturated heterocycles. The largest absolute Gasteiger partial charge is 0.393 e.